The molecule has 0 saturated heterocycles. The minimum absolute atomic E-state index is 0.589. The van der Waals surface area contributed by atoms with Crippen molar-refractivity contribution in [1.29, 1.82) is 0 Å². The van der Waals surface area contributed by atoms with Crippen LogP contribution in [0.5, 0.6) is 0 Å². The molecular weight excluding hydrogens is 152 g/mol. The third kappa shape index (κ3) is 1.41. The smallest absolute Gasteiger partial charge is 0.317 e. The van der Waals surface area contributed by atoms with E-state index in [1.807, 2.05) is 0 Å². The zero-order valence-corrected chi connectivity index (χ0v) is 6.10. The maximum absolute atomic E-state index is 10.3. The molecule has 1 aromatic rings. The van der Waals surface area contributed by atoms with Crippen LogP contribution in [0.2, 0.25) is 0 Å². The summed E-state index contributed by atoms with van der Waals surface area (Å²) in [7, 11) is 0. The van der Waals surface area contributed by atoms with Crippen LogP contribution in [0, 0.1) is 6.92 Å². The zero-order valence-electron chi connectivity index (χ0n) is 5.29. The molecule has 1 rings (SSSR count). The number of amides is 2. The Hall–Kier alpha value is -1.17. The van der Waals surface area contributed by atoms with Crippen molar-refractivity contribution in [3.05, 3.63) is 5.69 Å². The molecule has 10 heavy (non-hydrogen) atoms. The summed E-state index contributed by atoms with van der Waals surface area (Å²) in [6.45, 7) is 1.74. The lowest BCUT2D eigenvalue weighted by atomic mass is 10.5. The van der Waals surface area contributed by atoms with Crippen LogP contribution in [0.3, 0.4) is 0 Å². The van der Waals surface area contributed by atoms with Gasteiger partial charge in [0.05, 0.1) is 5.69 Å². The van der Waals surface area contributed by atoms with Gasteiger partial charge < -0.3 is 5.73 Å². The predicted octanol–water partition coefficient (Wildman–Crippen LogP) is 0.337. The molecule has 0 spiro atoms. The normalized spacial score (nSPS) is 9.30. The average Bonchev–Trinajstić information content (AvgIpc) is 2.15. The lowest BCUT2D eigenvalue weighted by Gasteiger charge is -1.93. The van der Waals surface area contributed by atoms with E-state index in [0.29, 0.717) is 10.7 Å². The monoisotopic (exact) mass is 158 g/mol. The lowest BCUT2D eigenvalue weighted by molar-refractivity contribution is 0.259. The van der Waals surface area contributed by atoms with Crippen molar-refractivity contribution >= 4 is 22.6 Å². The number of carbonyl (C=O) groups is 1. The molecule has 2 amide bonds. The van der Waals surface area contributed by atoms with Gasteiger partial charge >= 0.3 is 6.03 Å². The summed E-state index contributed by atoms with van der Waals surface area (Å²) in [5.41, 5.74) is 5.54. The van der Waals surface area contributed by atoms with Gasteiger partial charge in [0.25, 0.3) is 0 Å². The van der Waals surface area contributed by atoms with Crippen molar-refractivity contribution in [2.24, 2.45) is 5.73 Å². The molecular formula is C4H6N4OS. The molecule has 0 fully saturated rings. The van der Waals surface area contributed by atoms with Crippen LogP contribution in [-0.2, 0) is 0 Å². The molecule has 54 valence electrons. The summed E-state index contributed by atoms with van der Waals surface area (Å²) < 4.78 is 3.60. The molecule has 1 aromatic heterocycles. The van der Waals surface area contributed by atoms with Gasteiger partial charge in [-0.25, -0.2) is 4.79 Å². The maximum Gasteiger partial charge on any atom is 0.317 e. The Bertz CT molecular complexity index is 245. The molecule has 0 atom stereocenters. The van der Waals surface area contributed by atoms with Gasteiger partial charge in [-0.3, -0.25) is 5.32 Å². The van der Waals surface area contributed by atoms with Gasteiger partial charge in [-0.05, 0) is 6.92 Å². The minimum Gasteiger partial charge on any atom is -0.351 e. The first kappa shape index (κ1) is 6.94. The van der Waals surface area contributed by atoms with Crippen LogP contribution in [0.15, 0.2) is 0 Å². The lowest BCUT2D eigenvalue weighted by Crippen LogP contribution is -2.18. The van der Waals surface area contributed by atoms with E-state index in [-0.39, 0.29) is 0 Å². The number of primary amides is 1. The number of urea groups is 1. The second kappa shape index (κ2) is 2.61. The molecule has 5 nitrogen and oxygen atoms in total. The van der Waals surface area contributed by atoms with E-state index in [0.717, 1.165) is 11.5 Å². The van der Waals surface area contributed by atoms with Crippen molar-refractivity contribution in [3.63, 3.8) is 0 Å². The fraction of sp³-hybridized carbons (Fsp3) is 0.250. The SMILES string of the molecule is Cc1nnsc1NC(N)=O. The van der Waals surface area contributed by atoms with Gasteiger partial charge in [0.1, 0.15) is 5.00 Å². The van der Waals surface area contributed by atoms with Crippen LogP contribution in [0.25, 0.3) is 0 Å². The Morgan fingerprint density at radius 1 is 1.80 bits per heavy atom. The summed E-state index contributed by atoms with van der Waals surface area (Å²) in [4.78, 5) is 10.3. The summed E-state index contributed by atoms with van der Waals surface area (Å²) in [5, 5.41) is 6.66. The van der Waals surface area contributed by atoms with Crippen LogP contribution in [0.4, 0.5) is 9.80 Å². The fourth-order valence-corrected chi connectivity index (χ4v) is 1.02. The van der Waals surface area contributed by atoms with Gasteiger partial charge in [-0.1, -0.05) is 4.49 Å². The Labute approximate surface area is 61.4 Å². The number of nitrogens with one attached hydrogen (secondary N) is 1. The quantitative estimate of drug-likeness (QED) is 0.618. The van der Waals surface area contributed by atoms with Crippen molar-refractivity contribution in [2.75, 3.05) is 5.32 Å². The van der Waals surface area contributed by atoms with Crippen molar-refractivity contribution in [2.45, 2.75) is 6.92 Å². The highest BCUT2D eigenvalue weighted by atomic mass is 32.1. The number of hydrogen-bond acceptors (Lipinski definition) is 4. The predicted molar refractivity (Wildman–Crippen MR) is 37.9 cm³/mol. The molecule has 0 aliphatic rings. The first-order chi connectivity index (χ1) is 4.70. The Morgan fingerprint density at radius 3 is 2.90 bits per heavy atom. The van der Waals surface area contributed by atoms with E-state index < -0.39 is 6.03 Å². The van der Waals surface area contributed by atoms with E-state index in [1.54, 1.807) is 6.92 Å². The van der Waals surface area contributed by atoms with Gasteiger partial charge in [0.2, 0.25) is 0 Å². The standard InChI is InChI=1S/C4H6N4OS/c1-2-3(6-4(5)9)10-8-7-2/h1H3,(H3,5,6,9). The molecule has 0 radical (unpaired) electrons. The number of aryl methyl sites for hydroxylation is 1. The Kier molecular flexibility index (Phi) is 1.81. The number of nitrogens with two attached hydrogens (primary N) is 1. The molecule has 0 aromatic carbocycles. The number of rotatable bonds is 1. The number of nitrogens with zero attached hydrogens (tertiary/aromatic N) is 2. The first-order valence-electron chi connectivity index (χ1n) is 2.55. The molecule has 3 N–H and O–H groups in total. The van der Waals surface area contributed by atoms with Crippen molar-refractivity contribution in [3.8, 4) is 0 Å². The van der Waals surface area contributed by atoms with E-state index in [4.69, 9.17) is 5.73 Å². The van der Waals surface area contributed by atoms with Gasteiger partial charge in [-0.15, -0.1) is 5.10 Å². The summed E-state index contributed by atoms with van der Waals surface area (Å²) in [5.74, 6) is 0. The highest BCUT2D eigenvalue weighted by Gasteiger charge is 2.02. The van der Waals surface area contributed by atoms with Gasteiger partial charge in [-0.2, -0.15) is 0 Å². The topological polar surface area (TPSA) is 80.9 Å². The van der Waals surface area contributed by atoms with Crippen LogP contribution in [-0.4, -0.2) is 15.6 Å². The second-order valence-electron chi connectivity index (χ2n) is 1.68. The molecule has 0 saturated carbocycles. The maximum atomic E-state index is 10.3. The van der Waals surface area contributed by atoms with Gasteiger partial charge in [0.15, 0.2) is 0 Å². The van der Waals surface area contributed by atoms with E-state index in [9.17, 15) is 4.79 Å². The average molecular weight is 158 g/mol. The summed E-state index contributed by atoms with van der Waals surface area (Å²) >= 11 is 1.10. The van der Waals surface area contributed by atoms with Crippen molar-refractivity contribution in [1.82, 2.24) is 9.59 Å². The van der Waals surface area contributed by atoms with Crippen LogP contribution in [0.1, 0.15) is 5.69 Å². The zero-order chi connectivity index (χ0) is 7.56. The van der Waals surface area contributed by atoms with Crippen LogP contribution < -0.4 is 11.1 Å². The number of anilines is 1. The number of aromatic nitrogens is 2. The minimum atomic E-state index is -0.589. The Morgan fingerprint density at radius 2 is 2.50 bits per heavy atom. The third-order valence-corrected chi connectivity index (χ3v) is 1.63. The molecule has 0 unspecified atom stereocenters. The summed E-state index contributed by atoms with van der Waals surface area (Å²) in [6.07, 6.45) is 0. The number of carbonyl (C=O) groups excluding carboxylic acids is 1. The highest BCUT2D eigenvalue weighted by molar-refractivity contribution is 7.10. The van der Waals surface area contributed by atoms with E-state index in [1.165, 1.54) is 0 Å². The molecule has 0 aliphatic carbocycles. The first-order valence-corrected chi connectivity index (χ1v) is 3.33. The van der Waals surface area contributed by atoms with Crippen molar-refractivity contribution < 1.29 is 4.79 Å². The largest absolute Gasteiger partial charge is 0.351 e. The Balaban J connectivity index is 2.74. The fourth-order valence-electron chi connectivity index (χ4n) is 0.459. The third-order valence-electron chi connectivity index (χ3n) is 0.888. The van der Waals surface area contributed by atoms with E-state index >= 15 is 0 Å². The van der Waals surface area contributed by atoms with Gasteiger partial charge in [0, 0.05) is 11.5 Å². The van der Waals surface area contributed by atoms with Crippen LogP contribution >= 0.6 is 11.5 Å². The summed E-state index contributed by atoms with van der Waals surface area (Å²) in [6, 6.07) is -0.589. The molecule has 0 bridgehead atoms. The molecule has 0 aliphatic heterocycles. The molecule has 1 heterocycles. The number of hydrogen-bond donors (Lipinski definition) is 2. The van der Waals surface area contributed by atoms with E-state index in [2.05, 4.69) is 14.9 Å². The molecule has 6 heteroatoms. The highest BCUT2D eigenvalue weighted by Crippen LogP contribution is 2.14. The second-order valence-corrected chi connectivity index (χ2v) is 2.43.